The molecule has 0 aliphatic rings. The van der Waals surface area contributed by atoms with E-state index in [2.05, 4.69) is 21.0 Å². The molecule has 1 atom stereocenters. The summed E-state index contributed by atoms with van der Waals surface area (Å²) in [6.45, 7) is 2.24. The van der Waals surface area contributed by atoms with E-state index in [4.69, 9.17) is 0 Å². The lowest BCUT2D eigenvalue weighted by Gasteiger charge is -2.14. The molecule has 0 aliphatic heterocycles. The third kappa shape index (κ3) is 2.40. The molecule has 0 fully saturated rings. The smallest absolute Gasteiger partial charge is 0.194 e. The van der Waals surface area contributed by atoms with Crippen molar-refractivity contribution in [2.24, 2.45) is 0 Å². The van der Waals surface area contributed by atoms with Crippen LogP contribution in [0.3, 0.4) is 0 Å². The molecule has 1 heterocycles. The second-order valence-corrected chi connectivity index (χ2v) is 4.71. The van der Waals surface area contributed by atoms with Gasteiger partial charge < -0.3 is 5.11 Å². The maximum atomic E-state index is 13.7. The zero-order chi connectivity index (χ0) is 14.2. The molecule has 0 saturated heterocycles. The minimum absolute atomic E-state index is 0.285. The Morgan fingerprint density at radius 1 is 1.32 bits per heavy atom. The lowest BCUT2D eigenvalue weighted by Crippen LogP contribution is -2.12. The summed E-state index contributed by atoms with van der Waals surface area (Å²) in [6.07, 6.45) is 0.00625. The summed E-state index contributed by atoms with van der Waals surface area (Å²) in [5.41, 5.74) is -0.0535. The van der Waals surface area contributed by atoms with Gasteiger partial charge in [-0.1, -0.05) is 0 Å². The van der Waals surface area contributed by atoms with Crippen LogP contribution in [0.4, 0.5) is 13.2 Å². The van der Waals surface area contributed by atoms with E-state index in [1.54, 1.807) is 6.92 Å². The third-order valence-electron chi connectivity index (χ3n) is 2.75. The van der Waals surface area contributed by atoms with Crippen molar-refractivity contribution in [1.29, 1.82) is 0 Å². The van der Waals surface area contributed by atoms with Gasteiger partial charge in [0.05, 0.1) is 16.4 Å². The van der Waals surface area contributed by atoms with E-state index in [9.17, 15) is 18.3 Å². The summed E-state index contributed by atoms with van der Waals surface area (Å²) in [4.78, 5) is 0. The SMILES string of the molecule is CCn1ncc(Br)c1C(O)c1ccc(F)c(F)c1F. The topological polar surface area (TPSA) is 38.0 Å². The predicted molar refractivity (Wildman–Crippen MR) is 66.0 cm³/mol. The van der Waals surface area contributed by atoms with Crippen molar-refractivity contribution in [3.63, 3.8) is 0 Å². The molecule has 2 rings (SSSR count). The van der Waals surface area contributed by atoms with Gasteiger partial charge in [0.15, 0.2) is 17.5 Å². The van der Waals surface area contributed by atoms with Crippen LogP contribution >= 0.6 is 15.9 Å². The largest absolute Gasteiger partial charge is 0.382 e. The van der Waals surface area contributed by atoms with Crippen LogP contribution in [0.5, 0.6) is 0 Å². The Balaban J connectivity index is 2.53. The number of hydrogen-bond acceptors (Lipinski definition) is 2. The quantitative estimate of drug-likeness (QED) is 0.875. The van der Waals surface area contributed by atoms with Crippen LogP contribution in [0.25, 0.3) is 0 Å². The van der Waals surface area contributed by atoms with Crippen LogP contribution < -0.4 is 0 Å². The molecule has 1 aromatic heterocycles. The summed E-state index contributed by atoms with van der Waals surface area (Å²) in [5.74, 6) is -4.30. The Labute approximate surface area is 115 Å². The third-order valence-corrected chi connectivity index (χ3v) is 3.36. The highest BCUT2D eigenvalue weighted by atomic mass is 79.9. The number of hydrogen-bond donors (Lipinski definition) is 1. The number of aryl methyl sites for hydroxylation is 1. The number of nitrogens with zero attached hydrogens (tertiary/aromatic N) is 2. The molecule has 3 nitrogen and oxygen atoms in total. The summed E-state index contributed by atoms with van der Waals surface area (Å²) in [7, 11) is 0. The van der Waals surface area contributed by atoms with Gasteiger partial charge in [-0.25, -0.2) is 13.2 Å². The van der Waals surface area contributed by atoms with Gasteiger partial charge in [0, 0.05) is 12.1 Å². The van der Waals surface area contributed by atoms with Crippen molar-refractivity contribution in [3.05, 3.63) is 51.5 Å². The Kier molecular flexibility index (Phi) is 3.96. The van der Waals surface area contributed by atoms with Crippen LogP contribution in [0.1, 0.15) is 24.3 Å². The van der Waals surface area contributed by atoms with Gasteiger partial charge in [0.1, 0.15) is 6.10 Å². The van der Waals surface area contributed by atoms with Crippen LogP contribution in [0.2, 0.25) is 0 Å². The van der Waals surface area contributed by atoms with Crippen LogP contribution in [-0.4, -0.2) is 14.9 Å². The number of aliphatic hydroxyl groups is 1. The van der Waals surface area contributed by atoms with E-state index in [0.29, 0.717) is 11.0 Å². The molecular weight excluding hydrogens is 325 g/mol. The number of aliphatic hydroxyl groups excluding tert-OH is 1. The normalized spacial score (nSPS) is 12.7. The summed E-state index contributed by atoms with van der Waals surface area (Å²) in [6, 6.07) is 1.79. The van der Waals surface area contributed by atoms with E-state index in [1.807, 2.05) is 0 Å². The highest BCUT2D eigenvalue weighted by Crippen LogP contribution is 2.31. The van der Waals surface area contributed by atoms with Crippen molar-refractivity contribution in [3.8, 4) is 0 Å². The highest BCUT2D eigenvalue weighted by molar-refractivity contribution is 9.10. The molecule has 0 saturated carbocycles. The molecular formula is C12H10BrF3N2O. The first-order chi connectivity index (χ1) is 8.97. The Hall–Kier alpha value is -1.34. The maximum Gasteiger partial charge on any atom is 0.194 e. The van der Waals surface area contributed by atoms with Crippen molar-refractivity contribution in [2.45, 2.75) is 19.6 Å². The van der Waals surface area contributed by atoms with Gasteiger partial charge in [0.2, 0.25) is 0 Å². The molecule has 19 heavy (non-hydrogen) atoms. The summed E-state index contributed by atoms with van der Waals surface area (Å²) >= 11 is 3.18. The van der Waals surface area contributed by atoms with Crippen LogP contribution in [0, 0.1) is 17.5 Å². The molecule has 7 heteroatoms. The van der Waals surface area contributed by atoms with Crippen LogP contribution in [0.15, 0.2) is 22.8 Å². The zero-order valence-electron chi connectivity index (χ0n) is 9.87. The van der Waals surface area contributed by atoms with Gasteiger partial charge in [-0.3, -0.25) is 4.68 Å². The average Bonchev–Trinajstić information content (AvgIpc) is 2.76. The molecule has 0 bridgehead atoms. The fraction of sp³-hybridized carbons (Fsp3) is 0.250. The van der Waals surface area contributed by atoms with Gasteiger partial charge in [-0.2, -0.15) is 5.10 Å². The molecule has 0 aliphatic carbocycles. The van der Waals surface area contributed by atoms with Crippen molar-refractivity contribution < 1.29 is 18.3 Å². The Bertz CT molecular complexity index is 615. The number of halogens is 4. The van der Waals surface area contributed by atoms with Gasteiger partial charge >= 0.3 is 0 Å². The summed E-state index contributed by atoms with van der Waals surface area (Å²) < 4.78 is 41.6. The fourth-order valence-electron chi connectivity index (χ4n) is 1.80. The number of rotatable bonds is 3. The minimum atomic E-state index is -1.60. The average molecular weight is 335 g/mol. The number of aromatic nitrogens is 2. The van der Waals surface area contributed by atoms with Crippen molar-refractivity contribution in [1.82, 2.24) is 9.78 Å². The van der Waals surface area contributed by atoms with Gasteiger partial charge in [0.25, 0.3) is 0 Å². The lowest BCUT2D eigenvalue weighted by molar-refractivity contribution is 0.200. The molecule has 1 N–H and O–H groups in total. The first kappa shape index (κ1) is 14.1. The van der Waals surface area contributed by atoms with Crippen molar-refractivity contribution in [2.75, 3.05) is 0 Å². The Morgan fingerprint density at radius 2 is 2.00 bits per heavy atom. The standard InChI is InChI=1S/C12H10BrF3N2O/c1-2-18-11(7(13)5-17-18)12(19)6-3-4-8(14)10(16)9(6)15/h3-5,12,19H,2H2,1H3. The molecule has 0 amide bonds. The highest BCUT2D eigenvalue weighted by Gasteiger charge is 2.24. The lowest BCUT2D eigenvalue weighted by atomic mass is 10.1. The van der Waals surface area contributed by atoms with Crippen molar-refractivity contribution >= 4 is 15.9 Å². The minimum Gasteiger partial charge on any atom is -0.382 e. The van der Waals surface area contributed by atoms with E-state index in [0.717, 1.165) is 12.1 Å². The number of benzene rings is 1. The van der Waals surface area contributed by atoms with Crippen LogP contribution in [-0.2, 0) is 6.54 Å². The zero-order valence-corrected chi connectivity index (χ0v) is 11.5. The molecule has 1 aromatic carbocycles. The first-order valence-corrected chi connectivity index (χ1v) is 6.29. The maximum absolute atomic E-state index is 13.7. The van der Waals surface area contributed by atoms with E-state index in [1.165, 1.54) is 10.9 Å². The molecule has 1 unspecified atom stereocenters. The monoisotopic (exact) mass is 334 g/mol. The molecule has 0 radical (unpaired) electrons. The first-order valence-electron chi connectivity index (χ1n) is 5.50. The predicted octanol–water partition coefficient (Wildman–Crippen LogP) is 3.16. The Morgan fingerprint density at radius 3 is 2.63 bits per heavy atom. The second-order valence-electron chi connectivity index (χ2n) is 3.86. The molecule has 2 aromatic rings. The van der Waals surface area contributed by atoms with E-state index < -0.39 is 23.6 Å². The van der Waals surface area contributed by atoms with E-state index >= 15 is 0 Å². The molecule has 102 valence electrons. The molecule has 0 spiro atoms. The van der Waals surface area contributed by atoms with Gasteiger partial charge in [-0.15, -0.1) is 0 Å². The summed E-state index contributed by atoms with van der Waals surface area (Å²) in [5, 5.41) is 14.1. The second kappa shape index (κ2) is 5.34. The fourth-order valence-corrected chi connectivity index (χ4v) is 2.31. The van der Waals surface area contributed by atoms with E-state index in [-0.39, 0.29) is 11.3 Å². The van der Waals surface area contributed by atoms with Gasteiger partial charge in [-0.05, 0) is 35.0 Å².